The van der Waals surface area contributed by atoms with Gasteiger partial charge in [0.15, 0.2) is 0 Å². The number of halogens is 2. The number of aliphatic hydroxyl groups is 1. The molecule has 0 aliphatic carbocycles. The normalized spacial score (nSPS) is 14.9. The van der Waals surface area contributed by atoms with Gasteiger partial charge in [-0.25, -0.2) is 13.5 Å². The monoisotopic (exact) mass is 450 g/mol. The van der Waals surface area contributed by atoms with Gasteiger partial charge in [-0.2, -0.15) is 5.10 Å². The van der Waals surface area contributed by atoms with Gasteiger partial charge in [0.2, 0.25) is 0 Å². The first-order valence-corrected chi connectivity index (χ1v) is 10.4. The SMILES string of the molecule is O=[N+]([O-])c1cccc2c1N(CC(O)(CF)c1ccc3c(cnn3-c3ccc(F)cc3)c1)CC2. The molecular formula is C24H20F2N4O3. The van der Waals surface area contributed by atoms with Crippen molar-refractivity contribution in [3.63, 3.8) is 0 Å². The van der Waals surface area contributed by atoms with Crippen molar-refractivity contribution in [1.82, 2.24) is 9.78 Å². The smallest absolute Gasteiger partial charge is 0.292 e. The zero-order chi connectivity index (χ0) is 23.2. The van der Waals surface area contributed by atoms with E-state index in [2.05, 4.69) is 5.10 Å². The molecule has 0 spiro atoms. The number of nitro benzene ring substituents is 1. The molecule has 1 aliphatic heterocycles. The van der Waals surface area contributed by atoms with Crippen LogP contribution >= 0.6 is 0 Å². The summed E-state index contributed by atoms with van der Waals surface area (Å²) in [6.45, 7) is -0.733. The molecule has 7 nitrogen and oxygen atoms in total. The van der Waals surface area contributed by atoms with E-state index in [9.17, 15) is 24.0 Å². The van der Waals surface area contributed by atoms with Crippen LogP contribution in [0.25, 0.3) is 16.6 Å². The van der Waals surface area contributed by atoms with E-state index < -0.39 is 17.2 Å². The fourth-order valence-corrected chi connectivity index (χ4v) is 4.45. The number of nitro groups is 1. The van der Waals surface area contributed by atoms with E-state index in [1.54, 1.807) is 52.2 Å². The molecule has 2 heterocycles. The van der Waals surface area contributed by atoms with Crippen molar-refractivity contribution in [2.45, 2.75) is 12.0 Å². The van der Waals surface area contributed by atoms with E-state index in [4.69, 9.17) is 0 Å². The van der Waals surface area contributed by atoms with Gasteiger partial charge in [-0.15, -0.1) is 0 Å². The van der Waals surface area contributed by atoms with Gasteiger partial charge >= 0.3 is 0 Å². The lowest BCUT2D eigenvalue weighted by Crippen LogP contribution is -2.42. The topological polar surface area (TPSA) is 84.4 Å². The van der Waals surface area contributed by atoms with Crippen LogP contribution in [0.2, 0.25) is 0 Å². The van der Waals surface area contributed by atoms with Crippen molar-refractivity contribution >= 4 is 22.3 Å². The number of hydrogen-bond acceptors (Lipinski definition) is 5. The van der Waals surface area contributed by atoms with Crippen LogP contribution in [0.4, 0.5) is 20.2 Å². The van der Waals surface area contributed by atoms with E-state index in [0.29, 0.717) is 40.8 Å². The number of fused-ring (bicyclic) bond motifs is 2. The molecule has 9 heteroatoms. The number of anilines is 1. The van der Waals surface area contributed by atoms with Crippen molar-refractivity contribution in [3.05, 3.63) is 93.9 Å². The Hall–Kier alpha value is -3.85. The molecule has 0 amide bonds. The molecule has 5 rings (SSSR count). The zero-order valence-corrected chi connectivity index (χ0v) is 17.5. The molecule has 0 saturated heterocycles. The van der Waals surface area contributed by atoms with Crippen LogP contribution in [0.1, 0.15) is 11.1 Å². The number of rotatable bonds is 6. The second-order valence-electron chi connectivity index (χ2n) is 8.19. The molecule has 1 N–H and O–H groups in total. The van der Waals surface area contributed by atoms with Crippen molar-refractivity contribution in [1.29, 1.82) is 0 Å². The molecule has 0 bridgehead atoms. The predicted octanol–water partition coefficient (Wildman–Crippen LogP) is 4.29. The molecule has 0 fully saturated rings. The van der Waals surface area contributed by atoms with Gasteiger partial charge in [0.25, 0.3) is 5.69 Å². The van der Waals surface area contributed by atoms with Gasteiger partial charge in [0, 0.05) is 18.0 Å². The fourth-order valence-electron chi connectivity index (χ4n) is 4.45. The molecule has 168 valence electrons. The van der Waals surface area contributed by atoms with Crippen molar-refractivity contribution < 1.29 is 18.8 Å². The molecule has 4 aromatic rings. The number of hydrogen-bond donors (Lipinski definition) is 1. The fraction of sp³-hybridized carbons (Fsp3) is 0.208. The minimum absolute atomic E-state index is 0.0535. The number of nitrogens with zero attached hydrogens (tertiary/aromatic N) is 4. The minimum Gasteiger partial charge on any atom is -0.381 e. The summed E-state index contributed by atoms with van der Waals surface area (Å²) in [7, 11) is 0. The van der Waals surface area contributed by atoms with Gasteiger partial charge < -0.3 is 10.0 Å². The summed E-state index contributed by atoms with van der Waals surface area (Å²) in [5.74, 6) is -0.353. The highest BCUT2D eigenvalue weighted by atomic mass is 19.1. The molecule has 0 radical (unpaired) electrons. The highest BCUT2D eigenvalue weighted by Gasteiger charge is 2.37. The summed E-state index contributed by atoms with van der Waals surface area (Å²) in [6, 6.07) is 15.8. The Balaban J connectivity index is 1.49. The predicted molar refractivity (Wildman–Crippen MR) is 120 cm³/mol. The van der Waals surface area contributed by atoms with Crippen molar-refractivity contribution in [2.75, 3.05) is 24.7 Å². The third-order valence-electron chi connectivity index (χ3n) is 6.11. The van der Waals surface area contributed by atoms with E-state index in [0.717, 1.165) is 5.56 Å². The van der Waals surface area contributed by atoms with Gasteiger partial charge in [-0.1, -0.05) is 18.2 Å². The van der Waals surface area contributed by atoms with Crippen LogP contribution in [0.5, 0.6) is 0 Å². The van der Waals surface area contributed by atoms with E-state index >= 15 is 0 Å². The van der Waals surface area contributed by atoms with Gasteiger partial charge in [0.1, 0.15) is 23.8 Å². The summed E-state index contributed by atoms with van der Waals surface area (Å²) < 4.78 is 29.1. The molecule has 1 atom stereocenters. The van der Waals surface area contributed by atoms with E-state index in [1.807, 2.05) is 6.07 Å². The molecular weight excluding hydrogens is 430 g/mol. The average molecular weight is 450 g/mol. The molecule has 33 heavy (non-hydrogen) atoms. The van der Waals surface area contributed by atoms with Crippen LogP contribution in [0.15, 0.2) is 66.9 Å². The number of β-amino-alcohol motifs (C(OH)–C–C–N with tert-alkyl or cyclic N) is 1. The molecule has 3 aromatic carbocycles. The number of benzene rings is 3. The highest BCUT2D eigenvalue weighted by Crippen LogP contribution is 2.39. The maximum atomic E-state index is 14.3. The summed E-state index contributed by atoms with van der Waals surface area (Å²) in [6.07, 6.45) is 2.18. The Bertz CT molecular complexity index is 1360. The maximum absolute atomic E-state index is 14.3. The third kappa shape index (κ3) is 3.60. The Morgan fingerprint density at radius 2 is 1.94 bits per heavy atom. The summed E-state index contributed by atoms with van der Waals surface area (Å²) in [4.78, 5) is 12.7. The first-order chi connectivity index (χ1) is 15.9. The minimum atomic E-state index is -1.86. The number of aromatic nitrogens is 2. The highest BCUT2D eigenvalue weighted by molar-refractivity contribution is 5.81. The maximum Gasteiger partial charge on any atom is 0.292 e. The van der Waals surface area contributed by atoms with E-state index in [1.165, 1.54) is 18.2 Å². The molecule has 1 unspecified atom stereocenters. The third-order valence-corrected chi connectivity index (χ3v) is 6.11. The van der Waals surface area contributed by atoms with Crippen LogP contribution in [-0.4, -0.2) is 39.6 Å². The van der Waals surface area contributed by atoms with Crippen LogP contribution in [-0.2, 0) is 12.0 Å². The Morgan fingerprint density at radius 3 is 2.67 bits per heavy atom. The Kier molecular flexibility index (Phi) is 5.05. The van der Waals surface area contributed by atoms with Crippen LogP contribution in [0.3, 0.4) is 0 Å². The van der Waals surface area contributed by atoms with E-state index in [-0.39, 0.29) is 18.0 Å². The first-order valence-electron chi connectivity index (χ1n) is 10.4. The molecule has 1 aliphatic rings. The van der Waals surface area contributed by atoms with Crippen LogP contribution in [0, 0.1) is 15.9 Å². The van der Waals surface area contributed by atoms with Gasteiger partial charge in [0.05, 0.1) is 28.9 Å². The van der Waals surface area contributed by atoms with Crippen LogP contribution < -0.4 is 4.90 Å². The van der Waals surface area contributed by atoms with Crippen molar-refractivity contribution in [2.24, 2.45) is 0 Å². The standard InChI is InChI=1S/C24H20F2N4O3/c25-14-24(31,15-28-11-10-16-2-1-3-22(23(16)28)30(32)33)18-4-9-21-17(12-18)13-27-29(21)20-7-5-19(26)6-8-20/h1-9,12-13,31H,10-11,14-15H2. The van der Waals surface area contributed by atoms with Crippen molar-refractivity contribution in [3.8, 4) is 5.69 Å². The molecule has 0 saturated carbocycles. The number of alkyl halides is 1. The summed E-state index contributed by atoms with van der Waals surface area (Å²) in [5, 5.41) is 27.8. The summed E-state index contributed by atoms with van der Waals surface area (Å²) in [5.41, 5.74) is 1.05. The lowest BCUT2D eigenvalue weighted by molar-refractivity contribution is -0.384. The lowest BCUT2D eigenvalue weighted by Gasteiger charge is -2.32. The summed E-state index contributed by atoms with van der Waals surface area (Å²) >= 11 is 0. The Morgan fingerprint density at radius 1 is 1.15 bits per heavy atom. The average Bonchev–Trinajstić information content (AvgIpc) is 3.43. The second kappa shape index (κ2) is 7.93. The Labute approximate surface area is 187 Å². The first kappa shape index (κ1) is 21.0. The number of para-hydroxylation sites is 1. The largest absolute Gasteiger partial charge is 0.381 e. The second-order valence-corrected chi connectivity index (χ2v) is 8.19. The van der Waals surface area contributed by atoms with Gasteiger partial charge in [-0.3, -0.25) is 10.1 Å². The molecule has 1 aromatic heterocycles. The quantitative estimate of drug-likeness (QED) is 0.350. The lowest BCUT2D eigenvalue weighted by atomic mass is 9.93. The zero-order valence-electron chi connectivity index (χ0n) is 17.5. The van der Waals surface area contributed by atoms with Gasteiger partial charge in [-0.05, 0) is 53.9 Å².